The molecule has 2 N–H and O–H groups in total. The van der Waals surface area contributed by atoms with Gasteiger partial charge in [0.1, 0.15) is 12.1 Å². The summed E-state index contributed by atoms with van der Waals surface area (Å²) < 4.78 is 5.15. The fourth-order valence-electron chi connectivity index (χ4n) is 4.01. The van der Waals surface area contributed by atoms with Gasteiger partial charge >= 0.3 is 6.09 Å². The summed E-state index contributed by atoms with van der Waals surface area (Å²) in [6.07, 6.45) is 2.50. The maximum absolute atomic E-state index is 13.3. The molecule has 1 aliphatic rings. The molecule has 9 heteroatoms. The Morgan fingerprint density at radius 3 is 2.47 bits per heavy atom. The number of thioether (sulfide) groups is 1. The average molecular weight is 492 g/mol. The Balaban J connectivity index is 2.07. The molecule has 1 saturated heterocycles. The largest absolute Gasteiger partial charge is 0.449 e. The number of nitrogens with one attached hydrogen (secondary N) is 2. The van der Waals surface area contributed by atoms with Gasteiger partial charge in [0.25, 0.3) is 0 Å². The van der Waals surface area contributed by atoms with E-state index in [1.807, 2.05) is 57.4 Å². The van der Waals surface area contributed by atoms with Crippen molar-refractivity contribution in [3.8, 4) is 0 Å². The van der Waals surface area contributed by atoms with Crippen molar-refractivity contribution in [2.24, 2.45) is 5.92 Å². The summed E-state index contributed by atoms with van der Waals surface area (Å²) in [6.45, 7) is 7.48. The van der Waals surface area contributed by atoms with E-state index in [2.05, 4.69) is 10.6 Å². The van der Waals surface area contributed by atoms with Gasteiger partial charge in [0.05, 0.1) is 12.6 Å². The first-order valence-corrected chi connectivity index (χ1v) is 13.1. The Kier molecular flexibility index (Phi) is 10.9. The third-order valence-electron chi connectivity index (χ3n) is 5.76. The first-order valence-electron chi connectivity index (χ1n) is 11.7. The SMILES string of the molecule is CSCCC(NC(=O)OCC(C)C)C(=O)NC1CC(C)N(C(Cc2ccccc2)C(C)=O)C1=O. The molecule has 0 bridgehead atoms. The maximum Gasteiger partial charge on any atom is 0.407 e. The second kappa shape index (κ2) is 13.4. The number of ether oxygens (including phenoxy) is 1. The molecule has 1 aromatic rings. The summed E-state index contributed by atoms with van der Waals surface area (Å²) >= 11 is 1.56. The van der Waals surface area contributed by atoms with Gasteiger partial charge in [-0.25, -0.2) is 4.79 Å². The van der Waals surface area contributed by atoms with Crippen molar-refractivity contribution in [2.45, 2.75) is 71.1 Å². The summed E-state index contributed by atoms with van der Waals surface area (Å²) in [5.41, 5.74) is 0.969. The number of hydrogen-bond donors (Lipinski definition) is 2. The van der Waals surface area contributed by atoms with Gasteiger partial charge in [0, 0.05) is 6.04 Å². The molecule has 1 heterocycles. The molecule has 2 rings (SSSR count). The molecule has 0 radical (unpaired) electrons. The number of benzene rings is 1. The Labute approximate surface area is 206 Å². The number of likely N-dealkylation sites (tertiary alicyclic amines) is 1. The number of carbonyl (C=O) groups is 4. The summed E-state index contributed by atoms with van der Waals surface area (Å²) in [5.74, 6) is 0.0439. The second-order valence-electron chi connectivity index (χ2n) is 9.18. The predicted octanol–water partition coefficient (Wildman–Crippen LogP) is 2.80. The molecular formula is C25H37N3O5S. The van der Waals surface area contributed by atoms with E-state index in [-0.39, 0.29) is 30.3 Å². The molecule has 4 unspecified atom stereocenters. The van der Waals surface area contributed by atoms with Gasteiger partial charge < -0.3 is 20.3 Å². The number of hydrogen-bond acceptors (Lipinski definition) is 6. The van der Waals surface area contributed by atoms with E-state index in [0.717, 1.165) is 5.56 Å². The number of rotatable bonds is 12. The standard InChI is InChI=1S/C25H37N3O5S/c1-16(2)15-33-25(32)27-20(11-12-34-5)23(30)26-21-13-17(3)28(24(21)31)22(18(4)29)14-19-9-7-6-8-10-19/h6-10,16-17,20-22H,11-15H2,1-5H3,(H,26,30)(H,27,32). The summed E-state index contributed by atoms with van der Waals surface area (Å²) in [4.78, 5) is 52.5. The number of alkyl carbamates (subject to hydrolysis) is 1. The van der Waals surface area contributed by atoms with E-state index in [1.54, 1.807) is 16.7 Å². The summed E-state index contributed by atoms with van der Waals surface area (Å²) in [6, 6.07) is 7.22. The quantitative estimate of drug-likeness (QED) is 0.466. The molecule has 34 heavy (non-hydrogen) atoms. The minimum atomic E-state index is -0.808. The number of Topliss-reactive ketones (excluding diaryl/α,β-unsaturated/α-hetero) is 1. The highest BCUT2D eigenvalue weighted by Crippen LogP contribution is 2.25. The van der Waals surface area contributed by atoms with Crippen molar-refractivity contribution in [1.29, 1.82) is 0 Å². The fraction of sp³-hybridized carbons (Fsp3) is 0.600. The third kappa shape index (κ3) is 8.04. The third-order valence-corrected chi connectivity index (χ3v) is 6.41. The van der Waals surface area contributed by atoms with Crippen LogP contribution in [-0.4, -0.2) is 71.4 Å². The summed E-state index contributed by atoms with van der Waals surface area (Å²) in [7, 11) is 0. The van der Waals surface area contributed by atoms with Crippen LogP contribution in [0.3, 0.4) is 0 Å². The zero-order valence-corrected chi connectivity index (χ0v) is 21.5. The minimum Gasteiger partial charge on any atom is -0.449 e. The van der Waals surface area contributed by atoms with E-state index in [1.165, 1.54) is 6.92 Å². The molecule has 1 aliphatic heterocycles. The van der Waals surface area contributed by atoms with E-state index >= 15 is 0 Å². The molecule has 0 aromatic heterocycles. The molecule has 8 nitrogen and oxygen atoms in total. The second-order valence-corrected chi connectivity index (χ2v) is 10.2. The van der Waals surface area contributed by atoms with E-state index < -0.39 is 30.1 Å². The predicted molar refractivity (Wildman–Crippen MR) is 134 cm³/mol. The van der Waals surface area contributed by atoms with Crippen molar-refractivity contribution in [3.05, 3.63) is 35.9 Å². The van der Waals surface area contributed by atoms with Crippen molar-refractivity contribution < 1.29 is 23.9 Å². The lowest BCUT2D eigenvalue weighted by Gasteiger charge is -2.30. The lowest BCUT2D eigenvalue weighted by molar-refractivity contribution is -0.139. The number of amides is 3. The topological polar surface area (TPSA) is 105 Å². The highest BCUT2D eigenvalue weighted by atomic mass is 32.2. The zero-order chi connectivity index (χ0) is 25.3. The van der Waals surface area contributed by atoms with Crippen LogP contribution in [0.2, 0.25) is 0 Å². The lowest BCUT2D eigenvalue weighted by Crippen LogP contribution is -2.53. The minimum absolute atomic E-state index is 0.0940. The van der Waals surface area contributed by atoms with Crippen LogP contribution in [0.1, 0.15) is 46.1 Å². The van der Waals surface area contributed by atoms with Gasteiger partial charge in [-0.3, -0.25) is 14.4 Å². The number of carbonyl (C=O) groups excluding carboxylic acids is 4. The maximum atomic E-state index is 13.3. The molecule has 0 saturated carbocycles. The zero-order valence-electron chi connectivity index (χ0n) is 20.7. The van der Waals surface area contributed by atoms with E-state index in [9.17, 15) is 19.2 Å². The fourth-order valence-corrected chi connectivity index (χ4v) is 4.48. The van der Waals surface area contributed by atoms with Gasteiger partial charge in [-0.1, -0.05) is 44.2 Å². The van der Waals surface area contributed by atoms with Crippen LogP contribution in [0, 0.1) is 5.92 Å². The Hall–Kier alpha value is -2.55. The first kappa shape index (κ1) is 27.7. The molecule has 0 aliphatic carbocycles. The molecule has 188 valence electrons. The van der Waals surface area contributed by atoms with Crippen molar-refractivity contribution in [1.82, 2.24) is 15.5 Å². The Morgan fingerprint density at radius 2 is 1.88 bits per heavy atom. The molecule has 1 aromatic carbocycles. The highest BCUT2D eigenvalue weighted by Gasteiger charge is 2.43. The van der Waals surface area contributed by atoms with Gasteiger partial charge in [0.15, 0.2) is 5.78 Å². The van der Waals surface area contributed by atoms with Crippen LogP contribution < -0.4 is 10.6 Å². The van der Waals surface area contributed by atoms with Crippen LogP contribution >= 0.6 is 11.8 Å². The van der Waals surface area contributed by atoms with Crippen molar-refractivity contribution in [3.63, 3.8) is 0 Å². The van der Waals surface area contributed by atoms with Crippen LogP contribution in [0.15, 0.2) is 30.3 Å². The van der Waals surface area contributed by atoms with Crippen molar-refractivity contribution in [2.75, 3.05) is 18.6 Å². The van der Waals surface area contributed by atoms with E-state index in [4.69, 9.17) is 4.74 Å². The molecule has 0 spiro atoms. The van der Waals surface area contributed by atoms with Crippen LogP contribution in [0.5, 0.6) is 0 Å². The van der Waals surface area contributed by atoms with Crippen LogP contribution in [0.25, 0.3) is 0 Å². The van der Waals surface area contributed by atoms with Gasteiger partial charge in [-0.05, 0) is 56.6 Å². The van der Waals surface area contributed by atoms with E-state index in [0.29, 0.717) is 25.0 Å². The first-order chi connectivity index (χ1) is 16.1. The Bertz CT molecular complexity index is 848. The lowest BCUT2D eigenvalue weighted by atomic mass is 10.0. The average Bonchev–Trinajstić information content (AvgIpc) is 3.06. The molecular weight excluding hydrogens is 454 g/mol. The van der Waals surface area contributed by atoms with Gasteiger partial charge in [-0.15, -0.1) is 0 Å². The van der Waals surface area contributed by atoms with Crippen LogP contribution in [0.4, 0.5) is 4.79 Å². The smallest absolute Gasteiger partial charge is 0.407 e. The Morgan fingerprint density at radius 1 is 1.21 bits per heavy atom. The molecule has 3 amide bonds. The normalized spacial score (nSPS) is 19.6. The molecule has 1 fully saturated rings. The van der Waals surface area contributed by atoms with Gasteiger partial charge in [-0.2, -0.15) is 11.8 Å². The number of nitrogens with zero attached hydrogens (tertiary/aromatic N) is 1. The highest BCUT2D eigenvalue weighted by molar-refractivity contribution is 7.98. The monoisotopic (exact) mass is 491 g/mol. The summed E-state index contributed by atoms with van der Waals surface area (Å²) in [5, 5.41) is 5.43. The van der Waals surface area contributed by atoms with Gasteiger partial charge in [0.2, 0.25) is 11.8 Å². The van der Waals surface area contributed by atoms with Crippen LogP contribution in [-0.2, 0) is 25.5 Å². The molecule has 4 atom stereocenters. The number of ketones is 1. The van der Waals surface area contributed by atoms with Crippen molar-refractivity contribution >= 4 is 35.5 Å².